The molecule has 1 aromatic carbocycles. The Labute approximate surface area is 146 Å². The molecule has 24 heavy (non-hydrogen) atoms. The molecule has 3 amide bonds. The summed E-state index contributed by atoms with van der Waals surface area (Å²) in [4.78, 5) is 26.2. The summed E-state index contributed by atoms with van der Waals surface area (Å²) >= 11 is 3.18. The predicted octanol–water partition coefficient (Wildman–Crippen LogP) is 3.77. The first-order chi connectivity index (χ1) is 11.2. The van der Waals surface area contributed by atoms with Crippen molar-refractivity contribution >= 4 is 27.9 Å². The minimum atomic E-state index is -1.22. The average Bonchev–Trinajstić information content (AvgIpc) is 2.94. The van der Waals surface area contributed by atoms with Gasteiger partial charge in [0.25, 0.3) is 5.91 Å². The number of nitrogens with zero attached hydrogens (tertiary/aromatic N) is 1. The van der Waals surface area contributed by atoms with Gasteiger partial charge in [-0.2, -0.15) is 0 Å². The molecule has 1 aliphatic rings. The number of imide groups is 1. The Kier molecular flexibility index (Phi) is 3.99. The Morgan fingerprint density at radius 2 is 2.00 bits per heavy atom. The predicted molar refractivity (Wildman–Crippen MR) is 88.7 cm³/mol. The van der Waals surface area contributed by atoms with Crippen LogP contribution in [0.25, 0.3) is 0 Å². The molecule has 2 aromatic rings. The average molecular weight is 395 g/mol. The fraction of sp³-hybridized carbons (Fsp3) is 0.294. The van der Waals surface area contributed by atoms with Crippen molar-refractivity contribution in [2.45, 2.75) is 32.9 Å². The Bertz CT molecular complexity index is 848. The number of furan rings is 1. The summed E-state index contributed by atoms with van der Waals surface area (Å²) in [7, 11) is 0. The second kappa shape index (κ2) is 5.73. The van der Waals surface area contributed by atoms with E-state index in [1.807, 2.05) is 0 Å². The number of amides is 3. The number of hydrogen-bond donors (Lipinski definition) is 1. The highest BCUT2D eigenvalue weighted by atomic mass is 79.9. The van der Waals surface area contributed by atoms with Crippen LogP contribution in [0.1, 0.15) is 29.6 Å². The molecule has 0 radical (unpaired) electrons. The number of urea groups is 1. The highest BCUT2D eigenvalue weighted by molar-refractivity contribution is 9.10. The smallest absolute Gasteiger partial charge is 0.325 e. The largest absolute Gasteiger partial charge is 0.466 e. The van der Waals surface area contributed by atoms with E-state index in [9.17, 15) is 14.0 Å². The molecule has 5 nitrogen and oxygen atoms in total. The maximum atomic E-state index is 14.0. The number of hydrogen-bond acceptors (Lipinski definition) is 3. The van der Waals surface area contributed by atoms with Gasteiger partial charge in [0.05, 0.1) is 6.54 Å². The van der Waals surface area contributed by atoms with Gasteiger partial charge in [-0.15, -0.1) is 0 Å². The second-order valence-corrected chi connectivity index (χ2v) is 6.92. The number of carbonyl (C=O) groups is 2. The third kappa shape index (κ3) is 2.62. The minimum absolute atomic E-state index is 0.130. The maximum Gasteiger partial charge on any atom is 0.325 e. The standard InChI is InChI=1S/C17H16BrFN2O3/c1-9-6-13(10(2)24-9)17(3)15(22)21(16(23)20-17)8-11-4-5-12(18)7-14(11)19/h4-7H,8H2,1-3H3,(H,20,23). The van der Waals surface area contributed by atoms with Crippen molar-refractivity contribution in [1.29, 1.82) is 0 Å². The monoisotopic (exact) mass is 394 g/mol. The van der Waals surface area contributed by atoms with Gasteiger partial charge in [0.15, 0.2) is 0 Å². The molecule has 0 saturated carbocycles. The summed E-state index contributed by atoms with van der Waals surface area (Å²) in [6, 6.07) is 5.69. The molecule has 0 spiro atoms. The number of rotatable bonds is 3. The highest BCUT2D eigenvalue weighted by Gasteiger charge is 2.50. The van der Waals surface area contributed by atoms with Gasteiger partial charge in [-0.3, -0.25) is 9.69 Å². The first-order valence-corrected chi connectivity index (χ1v) is 8.17. The Balaban J connectivity index is 1.93. The SMILES string of the molecule is Cc1cc(C2(C)NC(=O)N(Cc3ccc(Br)cc3F)C2=O)c(C)o1. The van der Waals surface area contributed by atoms with Crippen LogP contribution in [-0.4, -0.2) is 16.8 Å². The van der Waals surface area contributed by atoms with Crippen molar-refractivity contribution in [2.75, 3.05) is 0 Å². The van der Waals surface area contributed by atoms with E-state index in [-0.39, 0.29) is 12.1 Å². The Hall–Kier alpha value is -2.15. The Morgan fingerprint density at radius 1 is 1.29 bits per heavy atom. The maximum absolute atomic E-state index is 14.0. The zero-order valence-electron chi connectivity index (χ0n) is 13.4. The van der Waals surface area contributed by atoms with Crippen LogP contribution in [0, 0.1) is 19.7 Å². The number of aryl methyl sites for hydroxylation is 2. The molecule has 1 saturated heterocycles. The summed E-state index contributed by atoms with van der Waals surface area (Å²) in [6.45, 7) is 5.01. The third-order valence-electron chi connectivity index (χ3n) is 4.20. The molecule has 1 N–H and O–H groups in total. The zero-order chi connectivity index (χ0) is 17.6. The van der Waals surface area contributed by atoms with Crippen molar-refractivity contribution < 1.29 is 18.4 Å². The lowest BCUT2D eigenvalue weighted by Crippen LogP contribution is -2.41. The van der Waals surface area contributed by atoms with Gasteiger partial charge in [-0.05, 0) is 39.0 Å². The molecule has 2 heterocycles. The van der Waals surface area contributed by atoms with E-state index in [4.69, 9.17) is 4.42 Å². The summed E-state index contributed by atoms with van der Waals surface area (Å²) in [5.74, 6) is 0.316. The lowest BCUT2D eigenvalue weighted by molar-refractivity contribution is -0.131. The number of halogens is 2. The summed E-state index contributed by atoms with van der Waals surface area (Å²) in [5.41, 5.74) is -0.340. The van der Waals surface area contributed by atoms with E-state index in [2.05, 4.69) is 21.2 Å². The molecular weight excluding hydrogens is 379 g/mol. The number of carbonyl (C=O) groups excluding carboxylic acids is 2. The Morgan fingerprint density at radius 3 is 2.58 bits per heavy atom. The molecule has 126 valence electrons. The van der Waals surface area contributed by atoms with Gasteiger partial charge in [-0.1, -0.05) is 22.0 Å². The fourth-order valence-electron chi connectivity index (χ4n) is 2.97. The lowest BCUT2D eigenvalue weighted by atomic mass is 9.92. The van der Waals surface area contributed by atoms with E-state index < -0.39 is 23.3 Å². The first kappa shape index (κ1) is 16.7. The van der Waals surface area contributed by atoms with Crippen LogP contribution in [0.15, 0.2) is 33.2 Å². The highest BCUT2D eigenvalue weighted by Crippen LogP contribution is 2.33. The fourth-order valence-corrected chi connectivity index (χ4v) is 3.30. The summed E-state index contributed by atoms with van der Waals surface area (Å²) in [5, 5.41) is 2.70. The molecule has 1 aliphatic heterocycles. The van der Waals surface area contributed by atoms with Crippen molar-refractivity contribution in [1.82, 2.24) is 10.2 Å². The molecule has 1 unspecified atom stereocenters. The molecule has 0 aliphatic carbocycles. The number of benzene rings is 1. The molecule has 1 aromatic heterocycles. The van der Waals surface area contributed by atoms with Crippen LogP contribution in [0.3, 0.4) is 0 Å². The van der Waals surface area contributed by atoms with Crippen molar-refractivity contribution in [3.8, 4) is 0 Å². The van der Waals surface area contributed by atoms with Crippen LogP contribution in [0.4, 0.5) is 9.18 Å². The van der Waals surface area contributed by atoms with Gasteiger partial charge < -0.3 is 9.73 Å². The van der Waals surface area contributed by atoms with Gasteiger partial charge in [0.2, 0.25) is 0 Å². The summed E-state index contributed by atoms with van der Waals surface area (Å²) < 4.78 is 20.1. The molecule has 7 heteroatoms. The zero-order valence-corrected chi connectivity index (χ0v) is 15.0. The molecule has 1 atom stereocenters. The molecule has 0 bridgehead atoms. The van der Waals surface area contributed by atoms with Crippen molar-refractivity contribution in [2.24, 2.45) is 0 Å². The van der Waals surface area contributed by atoms with E-state index in [0.29, 0.717) is 21.6 Å². The van der Waals surface area contributed by atoms with Crippen LogP contribution in [0.2, 0.25) is 0 Å². The first-order valence-electron chi connectivity index (χ1n) is 7.38. The quantitative estimate of drug-likeness (QED) is 0.805. The van der Waals surface area contributed by atoms with Gasteiger partial charge in [-0.25, -0.2) is 9.18 Å². The van der Waals surface area contributed by atoms with Gasteiger partial charge in [0.1, 0.15) is 22.9 Å². The number of nitrogens with one attached hydrogen (secondary N) is 1. The van der Waals surface area contributed by atoms with E-state index >= 15 is 0 Å². The van der Waals surface area contributed by atoms with E-state index in [1.54, 1.807) is 39.0 Å². The van der Waals surface area contributed by atoms with E-state index in [1.165, 1.54) is 6.07 Å². The van der Waals surface area contributed by atoms with Gasteiger partial charge >= 0.3 is 6.03 Å². The second-order valence-electron chi connectivity index (χ2n) is 6.01. The molecule has 3 rings (SSSR count). The van der Waals surface area contributed by atoms with Crippen molar-refractivity contribution in [3.63, 3.8) is 0 Å². The van der Waals surface area contributed by atoms with Gasteiger partial charge in [0, 0.05) is 15.6 Å². The lowest BCUT2D eigenvalue weighted by Gasteiger charge is -2.21. The third-order valence-corrected chi connectivity index (χ3v) is 4.69. The van der Waals surface area contributed by atoms with Crippen molar-refractivity contribution in [3.05, 3.63) is 57.2 Å². The van der Waals surface area contributed by atoms with Crippen LogP contribution < -0.4 is 5.32 Å². The van der Waals surface area contributed by atoms with Crippen LogP contribution >= 0.6 is 15.9 Å². The molecular formula is C17H16BrFN2O3. The topological polar surface area (TPSA) is 62.6 Å². The summed E-state index contributed by atoms with van der Waals surface area (Å²) in [6.07, 6.45) is 0. The van der Waals surface area contributed by atoms with E-state index in [0.717, 1.165) is 4.90 Å². The van der Waals surface area contributed by atoms with Crippen LogP contribution in [-0.2, 0) is 16.9 Å². The normalized spacial score (nSPS) is 20.6. The minimum Gasteiger partial charge on any atom is -0.466 e. The molecule has 1 fully saturated rings. The van der Waals surface area contributed by atoms with Crippen LogP contribution in [0.5, 0.6) is 0 Å².